The Morgan fingerprint density at radius 2 is 2.06 bits per heavy atom. The molecule has 0 fully saturated rings. The van der Waals surface area contributed by atoms with Crippen molar-refractivity contribution in [2.75, 3.05) is 5.88 Å². The van der Waals surface area contributed by atoms with E-state index in [1.165, 1.54) is 0 Å². The fourth-order valence-corrected chi connectivity index (χ4v) is 2.29. The molecule has 1 rings (SSSR count). The lowest BCUT2D eigenvalue weighted by Crippen LogP contribution is -2.37. The number of halogens is 1. The Kier molecular flexibility index (Phi) is 5.20. The van der Waals surface area contributed by atoms with Crippen molar-refractivity contribution in [1.82, 2.24) is 15.1 Å². The third-order valence-corrected chi connectivity index (χ3v) is 3.39. The highest BCUT2D eigenvalue weighted by molar-refractivity contribution is 6.18. The molecule has 0 bridgehead atoms. The largest absolute Gasteiger partial charge is 0.348 e. The van der Waals surface area contributed by atoms with E-state index in [1.54, 1.807) is 4.68 Å². The molecule has 0 saturated carbocycles. The number of amides is 1. The van der Waals surface area contributed by atoms with Crippen LogP contribution in [0, 0.1) is 19.8 Å². The molecule has 0 saturated heterocycles. The zero-order chi connectivity index (χ0) is 13.9. The monoisotopic (exact) mass is 271 g/mol. The molecule has 4 nitrogen and oxygen atoms in total. The summed E-state index contributed by atoms with van der Waals surface area (Å²) in [6.07, 6.45) is 0.883. The Bertz CT molecular complexity index is 426. The molecule has 1 heterocycles. The highest BCUT2D eigenvalue weighted by Crippen LogP contribution is 2.13. The van der Waals surface area contributed by atoms with Crippen molar-refractivity contribution in [2.24, 2.45) is 13.0 Å². The summed E-state index contributed by atoms with van der Waals surface area (Å²) in [5, 5.41) is 7.23. The van der Waals surface area contributed by atoms with Crippen LogP contribution in [-0.2, 0) is 7.05 Å². The first-order chi connectivity index (χ1) is 8.36. The highest BCUT2D eigenvalue weighted by atomic mass is 35.5. The third kappa shape index (κ3) is 3.48. The minimum absolute atomic E-state index is 0.0122. The van der Waals surface area contributed by atoms with Crippen molar-refractivity contribution in [3.05, 3.63) is 17.0 Å². The van der Waals surface area contributed by atoms with Gasteiger partial charge in [-0.25, -0.2) is 0 Å². The predicted octanol–water partition coefficient (Wildman–Crippen LogP) is 2.42. The van der Waals surface area contributed by atoms with Gasteiger partial charge in [-0.2, -0.15) is 5.10 Å². The van der Waals surface area contributed by atoms with E-state index in [2.05, 4.69) is 24.3 Å². The molecule has 102 valence electrons. The molecular weight excluding hydrogens is 250 g/mol. The van der Waals surface area contributed by atoms with Crippen LogP contribution in [0.5, 0.6) is 0 Å². The second-order valence-corrected chi connectivity index (χ2v) is 5.43. The molecule has 1 amide bonds. The topological polar surface area (TPSA) is 46.9 Å². The standard InChI is InChI=1S/C13H22ClN3O/c1-8(2)6-11(7-14)15-13(18)12-9(3)16-17(5)10(12)4/h8,11H,6-7H2,1-5H3,(H,15,18). The summed E-state index contributed by atoms with van der Waals surface area (Å²) in [6.45, 7) is 7.98. The van der Waals surface area contributed by atoms with Crippen LogP contribution in [-0.4, -0.2) is 27.6 Å². The van der Waals surface area contributed by atoms with Crippen LogP contribution in [0.4, 0.5) is 0 Å². The van der Waals surface area contributed by atoms with E-state index >= 15 is 0 Å². The van der Waals surface area contributed by atoms with Crippen LogP contribution in [0.2, 0.25) is 0 Å². The number of rotatable bonds is 5. The van der Waals surface area contributed by atoms with Gasteiger partial charge < -0.3 is 5.32 Å². The second-order valence-electron chi connectivity index (χ2n) is 5.12. The normalized spacial score (nSPS) is 12.8. The van der Waals surface area contributed by atoms with Crippen molar-refractivity contribution in [2.45, 2.75) is 40.2 Å². The molecule has 0 aliphatic heterocycles. The number of alkyl halides is 1. The number of hydrogen-bond donors (Lipinski definition) is 1. The molecule has 18 heavy (non-hydrogen) atoms. The first kappa shape index (κ1) is 15.0. The van der Waals surface area contributed by atoms with Crippen LogP contribution in [0.3, 0.4) is 0 Å². The minimum atomic E-state index is -0.0793. The van der Waals surface area contributed by atoms with Gasteiger partial charge in [-0.05, 0) is 26.2 Å². The third-order valence-electron chi connectivity index (χ3n) is 3.01. The summed E-state index contributed by atoms with van der Waals surface area (Å²) in [7, 11) is 1.84. The summed E-state index contributed by atoms with van der Waals surface area (Å²) >= 11 is 5.89. The Balaban J connectivity index is 2.81. The van der Waals surface area contributed by atoms with Crippen LogP contribution >= 0.6 is 11.6 Å². The van der Waals surface area contributed by atoms with Crippen LogP contribution in [0.25, 0.3) is 0 Å². The fourth-order valence-electron chi connectivity index (χ4n) is 2.09. The molecule has 0 radical (unpaired) electrons. The predicted molar refractivity (Wildman–Crippen MR) is 74.1 cm³/mol. The number of nitrogens with one attached hydrogen (secondary N) is 1. The molecule has 1 aromatic heterocycles. The highest BCUT2D eigenvalue weighted by Gasteiger charge is 2.20. The molecule has 1 aromatic rings. The smallest absolute Gasteiger partial charge is 0.255 e. The summed E-state index contributed by atoms with van der Waals surface area (Å²) in [5.74, 6) is 0.858. The van der Waals surface area contributed by atoms with Crippen molar-refractivity contribution in [3.63, 3.8) is 0 Å². The van der Waals surface area contributed by atoms with E-state index in [0.717, 1.165) is 17.8 Å². The van der Waals surface area contributed by atoms with Gasteiger partial charge in [0.15, 0.2) is 0 Å². The van der Waals surface area contributed by atoms with E-state index in [1.807, 2.05) is 20.9 Å². The first-order valence-electron chi connectivity index (χ1n) is 6.23. The summed E-state index contributed by atoms with van der Waals surface area (Å²) < 4.78 is 1.72. The van der Waals surface area contributed by atoms with E-state index < -0.39 is 0 Å². The maximum atomic E-state index is 12.2. The Morgan fingerprint density at radius 1 is 1.44 bits per heavy atom. The fraction of sp³-hybridized carbons (Fsp3) is 0.692. The van der Waals surface area contributed by atoms with Crippen molar-refractivity contribution in [3.8, 4) is 0 Å². The lowest BCUT2D eigenvalue weighted by Gasteiger charge is -2.18. The van der Waals surface area contributed by atoms with E-state index in [4.69, 9.17) is 11.6 Å². The zero-order valence-corrected chi connectivity index (χ0v) is 12.5. The van der Waals surface area contributed by atoms with Gasteiger partial charge in [0.25, 0.3) is 5.91 Å². The van der Waals surface area contributed by atoms with Gasteiger partial charge in [0, 0.05) is 24.7 Å². The molecule has 5 heteroatoms. The molecule has 0 aliphatic carbocycles. The SMILES string of the molecule is Cc1nn(C)c(C)c1C(=O)NC(CCl)CC(C)C. The van der Waals surface area contributed by atoms with E-state index in [0.29, 0.717) is 17.4 Å². The van der Waals surface area contributed by atoms with Gasteiger partial charge in [0.2, 0.25) is 0 Å². The summed E-state index contributed by atoms with van der Waals surface area (Å²) in [5.41, 5.74) is 2.30. The lowest BCUT2D eigenvalue weighted by molar-refractivity contribution is 0.0935. The molecule has 1 N–H and O–H groups in total. The summed E-state index contributed by atoms with van der Waals surface area (Å²) in [6, 6.07) is 0.0122. The number of hydrogen-bond acceptors (Lipinski definition) is 2. The van der Waals surface area contributed by atoms with Gasteiger partial charge in [-0.15, -0.1) is 11.6 Å². The number of carbonyl (C=O) groups excluding carboxylic acids is 1. The van der Waals surface area contributed by atoms with Crippen LogP contribution in [0.1, 0.15) is 42.0 Å². The molecular formula is C13H22ClN3O. The summed E-state index contributed by atoms with van der Waals surface area (Å²) in [4.78, 5) is 12.2. The average Bonchev–Trinajstić information content (AvgIpc) is 2.51. The van der Waals surface area contributed by atoms with Crippen LogP contribution in [0.15, 0.2) is 0 Å². The van der Waals surface area contributed by atoms with Crippen molar-refractivity contribution >= 4 is 17.5 Å². The maximum Gasteiger partial charge on any atom is 0.255 e. The molecule has 0 spiro atoms. The molecule has 0 aliphatic rings. The molecule has 1 atom stereocenters. The number of carbonyl (C=O) groups is 1. The van der Waals surface area contributed by atoms with E-state index in [9.17, 15) is 4.79 Å². The van der Waals surface area contributed by atoms with Gasteiger partial charge in [0.1, 0.15) is 0 Å². The van der Waals surface area contributed by atoms with Crippen LogP contribution < -0.4 is 5.32 Å². The molecule has 1 unspecified atom stereocenters. The number of nitrogens with zero attached hydrogens (tertiary/aromatic N) is 2. The average molecular weight is 272 g/mol. The number of aryl methyl sites for hydroxylation is 2. The quantitative estimate of drug-likeness (QED) is 0.836. The van der Waals surface area contributed by atoms with Gasteiger partial charge in [0.05, 0.1) is 11.3 Å². The maximum absolute atomic E-state index is 12.2. The van der Waals surface area contributed by atoms with Gasteiger partial charge in [-0.1, -0.05) is 13.8 Å². The lowest BCUT2D eigenvalue weighted by atomic mass is 10.0. The number of aromatic nitrogens is 2. The van der Waals surface area contributed by atoms with Gasteiger partial charge in [-0.3, -0.25) is 9.48 Å². The second kappa shape index (κ2) is 6.23. The minimum Gasteiger partial charge on any atom is -0.348 e. The molecule has 0 aromatic carbocycles. The van der Waals surface area contributed by atoms with E-state index in [-0.39, 0.29) is 11.9 Å². The van der Waals surface area contributed by atoms with Crippen molar-refractivity contribution in [1.29, 1.82) is 0 Å². The zero-order valence-electron chi connectivity index (χ0n) is 11.7. The Labute approximate surface area is 114 Å². The first-order valence-corrected chi connectivity index (χ1v) is 6.77. The Morgan fingerprint density at radius 3 is 2.44 bits per heavy atom. The van der Waals surface area contributed by atoms with Gasteiger partial charge >= 0.3 is 0 Å². The van der Waals surface area contributed by atoms with Crippen molar-refractivity contribution < 1.29 is 4.79 Å². The Hall–Kier alpha value is -1.03.